The van der Waals surface area contributed by atoms with Gasteiger partial charge in [-0.3, -0.25) is 4.57 Å². The second-order valence-corrected chi connectivity index (χ2v) is 15.5. The summed E-state index contributed by atoms with van der Waals surface area (Å²) < 4.78 is 14.8. The van der Waals surface area contributed by atoms with Gasteiger partial charge in [-0.15, -0.1) is 0 Å². The molecule has 0 aromatic carbocycles. The number of imidazole rings is 1. The van der Waals surface area contributed by atoms with Gasteiger partial charge in [0.25, 0.3) is 0 Å². The van der Waals surface area contributed by atoms with Crippen molar-refractivity contribution in [1.82, 2.24) is 19.1 Å². The van der Waals surface area contributed by atoms with Crippen LogP contribution in [0.15, 0.2) is 30.7 Å². The Bertz CT molecular complexity index is 1050. The summed E-state index contributed by atoms with van der Waals surface area (Å²) in [5, 5.41) is 1.36. The minimum Gasteiger partial charge on any atom is -0.443 e. The number of rotatable bonds is 6. The zero-order valence-corrected chi connectivity index (χ0v) is 20.2. The number of fused-ring (bicyclic) bond motifs is 1. The summed E-state index contributed by atoms with van der Waals surface area (Å²) in [6, 6.07) is 4.68. The van der Waals surface area contributed by atoms with Gasteiger partial charge >= 0.3 is 6.09 Å². The van der Waals surface area contributed by atoms with Crippen LogP contribution in [0.3, 0.4) is 0 Å². The zero-order chi connectivity index (χ0) is 22.1. The Kier molecular flexibility index (Phi) is 6.40. The normalized spacial score (nSPS) is 12.5. The smallest absolute Gasteiger partial charge is 0.420 e. The van der Waals surface area contributed by atoms with Gasteiger partial charge in [0.05, 0.1) is 10.7 Å². The first-order valence-electron chi connectivity index (χ1n) is 9.95. The summed E-state index contributed by atoms with van der Waals surface area (Å²) in [5.74, 6) is 0.451. The fourth-order valence-electron chi connectivity index (χ4n) is 2.92. The summed E-state index contributed by atoms with van der Waals surface area (Å²) in [4.78, 5) is 21.6. The van der Waals surface area contributed by atoms with Gasteiger partial charge in [-0.2, -0.15) is 0 Å². The third kappa shape index (κ3) is 5.30. The molecular formula is C21H29ClN4O3Si. The number of aromatic nitrogens is 4. The first-order valence-corrected chi connectivity index (χ1v) is 14.0. The molecule has 0 aliphatic rings. The van der Waals surface area contributed by atoms with E-state index in [-0.39, 0.29) is 6.73 Å². The Morgan fingerprint density at radius 3 is 2.60 bits per heavy atom. The number of carbonyl (C=O) groups is 1. The topological polar surface area (TPSA) is 71.2 Å². The van der Waals surface area contributed by atoms with E-state index in [2.05, 4.69) is 29.6 Å². The van der Waals surface area contributed by atoms with Crippen molar-refractivity contribution in [3.63, 3.8) is 0 Å². The lowest BCUT2D eigenvalue weighted by Gasteiger charge is -2.20. The van der Waals surface area contributed by atoms with Crippen LogP contribution in [0, 0.1) is 0 Å². The minimum absolute atomic E-state index is 0.290. The summed E-state index contributed by atoms with van der Waals surface area (Å²) in [7, 11) is -1.20. The first kappa shape index (κ1) is 22.5. The van der Waals surface area contributed by atoms with Gasteiger partial charge in [0, 0.05) is 38.7 Å². The lowest BCUT2D eigenvalue weighted by atomic mass is 10.2. The SMILES string of the molecule is CC(C)(C)OC(=O)n1ccnc1-c1cc2c(Cl)ccnc2n1COCC[Si](C)(C)C. The summed E-state index contributed by atoms with van der Waals surface area (Å²) in [6.45, 7) is 13.4. The molecule has 162 valence electrons. The largest absolute Gasteiger partial charge is 0.443 e. The van der Waals surface area contributed by atoms with Crippen molar-refractivity contribution in [3.05, 3.63) is 35.7 Å². The van der Waals surface area contributed by atoms with Crippen LogP contribution in [-0.4, -0.2) is 45.5 Å². The van der Waals surface area contributed by atoms with Crippen molar-refractivity contribution in [1.29, 1.82) is 0 Å². The summed E-state index contributed by atoms with van der Waals surface area (Å²) in [5.41, 5.74) is 0.759. The molecule has 0 spiro atoms. The minimum atomic E-state index is -1.20. The standard InChI is InChI=1S/C21H29ClN4O3Si/c1-21(2,3)29-20(27)25-10-9-24-19(25)17-13-15-16(22)7-8-23-18(15)26(17)14-28-11-12-30(4,5)6/h7-10,13H,11-12,14H2,1-6H3. The van der Waals surface area contributed by atoms with Gasteiger partial charge < -0.3 is 9.47 Å². The molecule has 3 aromatic heterocycles. The van der Waals surface area contributed by atoms with Crippen LogP contribution in [0.25, 0.3) is 22.6 Å². The van der Waals surface area contributed by atoms with Gasteiger partial charge in [0.2, 0.25) is 0 Å². The predicted octanol–water partition coefficient (Wildman–Crippen LogP) is 5.65. The molecule has 0 fully saturated rings. The molecule has 9 heteroatoms. The lowest BCUT2D eigenvalue weighted by molar-refractivity contribution is 0.0538. The molecular weight excluding hydrogens is 420 g/mol. The molecule has 0 bridgehead atoms. The molecule has 3 aromatic rings. The van der Waals surface area contributed by atoms with Crippen LogP contribution < -0.4 is 0 Å². The maximum absolute atomic E-state index is 12.7. The van der Waals surface area contributed by atoms with Gasteiger partial charge in [0.1, 0.15) is 18.0 Å². The van der Waals surface area contributed by atoms with Crippen LogP contribution in [-0.2, 0) is 16.2 Å². The van der Waals surface area contributed by atoms with Crippen LogP contribution in [0.5, 0.6) is 0 Å². The average Bonchev–Trinajstić information content (AvgIpc) is 3.22. The molecule has 0 aliphatic heterocycles. The quantitative estimate of drug-likeness (QED) is 0.360. The Morgan fingerprint density at radius 1 is 1.20 bits per heavy atom. The number of hydrogen-bond acceptors (Lipinski definition) is 5. The number of pyridine rings is 1. The molecule has 7 nitrogen and oxygen atoms in total. The second kappa shape index (κ2) is 8.53. The van der Waals surface area contributed by atoms with Crippen LogP contribution in [0.1, 0.15) is 20.8 Å². The van der Waals surface area contributed by atoms with Crippen molar-refractivity contribution >= 4 is 36.8 Å². The Morgan fingerprint density at radius 2 is 1.93 bits per heavy atom. The fourth-order valence-corrected chi connectivity index (χ4v) is 3.87. The summed E-state index contributed by atoms with van der Waals surface area (Å²) in [6.07, 6.45) is 4.33. The molecule has 0 radical (unpaired) electrons. The Balaban J connectivity index is 1.99. The highest BCUT2D eigenvalue weighted by Crippen LogP contribution is 2.31. The second-order valence-electron chi connectivity index (χ2n) is 9.44. The fraction of sp³-hybridized carbons (Fsp3) is 0.476. The van der Waals surface area contributed by atoms with Crippen molar-refractivity contribution < 1.29 is 14.3 Å². The van der Waals surface area contributed by atoms with Crippen molar-refractivity contribution in [2.24, 2.45) is 0 Å². The highest BCUT2D eigenvalue weighted by atomic mass is 35.5. The lowest BCUT2D eigenvalue weighted by Crippen LogP contribution is -2.27. The van der Waals surface area contributed by atoms with E-state index in [9.17, 15) is 4.79 Å². The highest BCUT2D eigenvalue weighted by Gasteiger charge is 2.24. The monoisotopic (exact) mass is 448 g/mol. The third-order valence-electron chi connectivity index (χ3n) is 4.42. The number of carbonyl (C=O) groups excluding carboxylic acids is 1. The average molecular weight is 449 g/mol. The van der Waals surface area contributed by atoms with E-state index in [1.165, 1.54) is 4.57 Å². The van der Waals surface area contributed by atoms with E-state index < -0.39 is 19.8 Å². The van der Waals surface area contributed by atoms with E-state index in [0.717, 1.165) is 11.4 Å². The number of hydrogen-bond donors (Lipinski definition) is 0. The first-order chi connectivity index (χ1) is 14.0. The molecule has 3 heterocycles. The zero-order valence-electron chi connectivity index (χ0n) is 18.4. The highest BCUT2D eigenvalue weighted by molar-refractivity contribution is 6.76. The molecule has 0 amide bonds. The van der Waals surface area contributed by atoms with Gasteiger partial charge in [-0.05, 0) is 38.9 Å². The van der Waals surface area contributed by atoms with Gasteiger partial charge in [-0.25, -0.2) is 19.3 Å². The number of nitrogens with zero attached hydrogens (tertiary/aromatic N) is 4. The molecule has 3 rings (SSSR count). The molecule has 0 saturated carbocycles. The predicted molar refractivity (Wildman–Crippen MR) is 122 cm³/mol. The molecule has 30 heavy (non-hydrogen) atoms. The van der Waals surface area contributed by atoms with Crippen molar-refractivity contribution in [2.75, 3.05) is 6.61 Å². The Hall–Kier alpha value is -2.16. The van der Waals surface area contributed by atoms with Crippen LogP contribution >= 0.6 is 11.6 Å². The number of ether oxygens (including phenoxy) is 2. The maximum atomic E-state index is 12.7. The number of halogens is 1. The van der Waals surface area contributed by atoms with Gasteiger partial charge in [-0.1, -0.05) is 31.2 Å². The maximum Gasteiger partial charge on any atom is 0.420 e. The molecule has 0 atom stereocenters. The van der Waals surface area contributed by atoms with E-state index in [1.807, 2.05) is 31.4 Å². The van der Waals surface area contributed by atoms with Crippen LogP contribution in [0.2, 0.25) is 30.7 Å². The van der Waals surface area contributed by atoms with Crippen LogP contribution in [0.4, 0.5) is 4.79 Å². The van der Waals surface area contributed by atoms with E-state index in [0.29, 0.717) is 28.8 Å². The molecule has 0 unspecified atom stereocenters. The van der Waals surface area contributed by atoms with E-state index in [1.54, 1.807) is 24.7 Å². The van der Waals surface area contributed by atoms with Crippen molar-refractivity contribution in [3.8, 4) is 11.5 Å². The Labute approximate surface area is 183 Å². The molecule has 0 N–H and O–H groups in total. The summed E-state index contributed by atoms with van der Waals surface area (Å²) >= 11 is 6.41. The van der Waals surface area contributed by atoms with Gasteiger partial charge in [0.15, 0.2) is 5.82 Å². The van der Waals surface area contributed by atoms with Crippen molar-refractivity contribution in [2.45, 2.75) is 58.8 Å². The molecule has 0 saturated heterocycles. The third-order valence-corrected chi connectivity index (χ3v) is 6.45. The van der Waals surface area contributed by atoms with E-state index >= 15 is 0 Å². The molecule has 0 aliphatic carbocycles. The van der Waals surface area contributed by atoms with E-state index in [4.69, 9.17) is 21.1 Å².